The number of fused-ring (bicyclic) bond motifs is 1. The molecule has 0 atom stereocenters. The zero-order chi connectivity index (χ0) is 13.5. The zero-order valence-corrected chi connectivity index (χ0v) is 12.0. The van der Waals surface area contributed by atoms with Crippen molar-refractivity contribution in [2.24, 2.45) is 0 Å². The van der Waals surface area contributed by atoms with Crippen LogP contribution in [0, 0.1) is 0 Å². The van der Waals surface area contributed by atoms with E-state index in [1.165, 1.54) is 24.1 Å². The lowest BCUT2D eigenvalue weighted by Gasteiger charge is -2.29. The molecule has 1 aromatic carbocycles. The van der Waals surface area contributed by atoms with Crippen molar-refractivity contribution in [2.45, 2.75) is 32.1 Å². The van der Waals surface area contributed by atoms with Crippen molar-refractivity contribution in [3.05, 3.63) is 23.6 Å². The summed E-state index contributed by atoms with van der Waals surface area (Å²) in [5, 5.41) is 3.41. The topological polar surface area (TPSA) is 41.3 Å². The van der Waals surface area contributed by atoms with E-state index in [0.29, 0.717) is 5.92 Å². The van der Waals surface area contributed by atoms with Gasteiger partial charge in [0.05, 0.1) is 5.69 Å². The van der Waals surface area contributed by atoms with Crippen LogP contribution in [0.3, 0.4) is 0 Å². The van der Waals surface area contributed by atoms with Gasteiger partial charge in [0.15, 0.2) is 11.5 Å². The Kier molecular flexibility index (Phi) is 2.91. The SMILES string of the molecule is CCc1cc(N2CCNCC2)c2oc(C3CC3)nc2c1. The summed E-state index contributed by atoms with van der Waals surface area (Å²) in [6.07, 6.45) is 3.51. The Morgan fingerprint density at radius 1 is 1.30 bits per heavy atom. The molecule has 2 fully saturated rings. The smallest absolute Gasteiger partial charge is 0.198 e. The second kappa shape index (κ2) is 4.77. The summed E-state index contributed by atoms with van der Waals surface area (Å²) in [5.74, 6) is 1.52. The molecule has 0 radical (unpaired) electrons. The maximum Gasteiger partial charge on any atom is 0.198 e. The number of nitrogens with zero attached hydrogens (tertiary/aromatic N) is 2. The number of aryl methyl sites for hydroxylation is 1. The quantitative estimate of drug-likeness (QED) is 0.932. The van der Waals surface area contributed by atoms with E-state index in [0.717, 1.165) is 49.6 Å². The maximum absolute atomic E-state index is 6.10. The lowest BCUT2D eigenvalue weighted by Crippen LogP contribution is -2.43. The molecule has 0 amide bonds. The molecule has 1 aliphatic carbocycles. The van der Waals surface area contributed by atoms with Gasteiger partial charge in [-0.3, -0.25) is 0 Å². The van der Waals surface area contributed by atoms with Gasteiger partial charge in [0.25, 0.3) is 0 Å². The van der Waals surface area contributed by atoms with Crippen molar-refractivity contribution in [1.82, 2.24) is 10.3 Å². The van der Waals surface area contributed by atoms with Crippen LogP contribution < -0.4 is 10.2 Å². The number of oxazole rings is 1. The van der Waals surface area contributed by atoms with Crippen LogP contribution in [0.25, 0.3) is 11.1 Å². The third kappa shape index (κ3) is 2.08. The Morgan fingerprint density at radius 3 is 2.80 bits per heavy atom. The molecule has 1 N–H and O–H groups in total. The summed E-state index contributed by atoms with van der Waals surface area (Å²) in [6, 6.07) is 4.48. The Balaban J connectivity index is 1.82. The molecule has 2 heterocycles. The molecular weight excluding hydrogens is 250 g/mol. The van der Waals surface area contributed by atoms with Gasteiger partial charge in [-0.15, -0.1) is 0 Å². The van der Waals surface area contributed by atoms with Crippen LogP contribution in [-0.4, -0.2) is 31.2 Å². The average Bonchev–Trinajstić information content (AvgIpc) is 3.26. The second-order valence-electron chi connectivity index (χ2n) is 5.88. The number of nitrogens with one attached hydrogen (secondary N) is 1. The van der Waals surface area contributed by atoms with E-state index in [-0.39, 0.29) is 0 Å². The largest absolute Gasteiger partial charge is 0.438 e. The molecule has 20 heavy (non-hydrogen) atoms. The van der Waals surface area contributed by atoms with Gasteiger partial charge in [-0.2, -0.15) is 0 Å². The molecule has 2 aromatic rings. The first-order chi connectivity index (χ1) is 9.85. The number of hydrogen-bond acceptors (Lipinski definition) is 4. The van der Waals surface area contributed by atoms with E-state index in [1.807, 2.05) is 0 Å². The van der Waals surface area contributed by atoms with E-state index in [4.69, 9.17) is 9.40 Å². The van der Waals surface area contributed by atoms with Crippen molar-refractivity contribution in [3.63, 3.8) is 0 Å². The summed E-state index contributed by atoms with van der Waals surface area (Å²) >= 11 is 0. The van der Waals surface area contributed by atoms with E-state index < -0.39 is 0 Å². The van der Waals surface area contributed by atoms with Gasteiger partial charge in [0.1, 0.15) is 5.52 Å². The van der Waals surface area contributed by atoms with Gasteiger partial charge in [-0.1, -0.05) is 6.92 Å². The fourth-order valence-corrected chi connectivity index (χ4v) is 2.94. The summed E-state index contributed by atoms with van der Waals surface area (Å²) in [6.45, 7) is 6.37. The van der Waals surface area contributed by atoms with E-state index in [2.05, 4.69) is 29.3 Å². The highest BCUT2D eigenvalue weighted by molar-refractivity contribution is 5.88. The van der Waals surface area contributed by atoms with Gasteiger partial charge in [-0.25, -0.2) is 4.98 Å². The van der Waals surface area contributed by atoms with Crippen molar-refractivity contribution >= 4 is 16.8 Å². The fraction of sp³-hybridized carbons (Fsp3) is 0.562. The number of piperazine rings is 1. The predicted octanol–water partition coefficient (Wildman–Crippen LogP) is 2.68. The van der Waals surface area contributed by atoms with E-state index in [9.17, 15) is 0 Å². The third-order valence-corrected chi connectivity index (χ3v) is 4.34. The summed E-state index contributed by atoms with van der Waals surface area (Å²) in [7, 11) is 0. The number of aromatic nitrogens is 1. The monoisotopic (exact) mass is 271 g/mol. The lowest BCUT2D eigenvalue weighted by molar-refractivity contribution is 0.529. The Bertz CT molecular complexity index is 624. The van der Waals surface area contributed by atoms with Gasteiger partial charge in [0.2, 0.25) is 0 Å². The highest BCUT2D eigenvalue weighted by Crippen LogP contribution is 2.42. The Labute approximate surface area is 119 Å². The van der Waals surface area contributed by atoms with Crippen LogP contribution in [0.2, 0.25) is 0 Å². The normalized spacial score (nSPS) is 19.8. The fourth-order valence-electron chi connectivity index (χ4n) is 2.94. The van der Waals surface area contributed by atoms with Crippen molar-refractivity contribution in [3.8, 4) is 0 Å². The average molecular weight is 271 g/mol. The minimum absolute atomic E-state index is 0.573. The first kappa shape index (κ1) is 12.2. The Hall–Kier alpha value is -1.55. The van der Waals surface area contributed by atoms with Crippen LogP contribution in [0.5, 0.6) is 0 Å². The molecule has 1 saturated carbocycles. The highest BCUT2D eigenvalue weighted by atomic mass is 16.3. The molecule has 2 aliphatic rings. The number of rotatable bonds is 3. The van der Waals surface area contributed by atoms with Gasteiger partial charge >= 0.3 is 0 Å². The summed E-state index contributed by atoms with van der Waals surface area (Å²) in [4.78, 5) is 7.16. The molecule has 106 valence electrons. The molecule has 0 unspecified atom stereocenters. The molecule has 1 aliphatic heterocycles. The van der Waals surface area contributed by atoms with E-state index in [1.54, 1.807) is 0 Å². The summed E-state index contributed by atoms with van der Waals surface area (Å²) < 4.78 is 6.10. The molecule has 0 spiro atoms. The number of benzene rings is 1. The summed E-state index contributed by atoms with van der Waals surface area (Å²) in [5.41, 5.74) is 4.62. The minimum Gasteiger partial charge on any atom is -0.438 e. The molecule has 4 nitrogen and oxygen atoms in total. The molecule has 4 heteroatoms. The standard InChI is InChI=1S/C16H21N3O/c1-2-11-9-13-15(20-16(18-13)12-3-4-12)14(10-11)19-7-5-17-6-8-19/h9-10,12,17H,2-8H2,1H3. The first-order valence-electron chi connectivity index (χ1n) is 7.74. The maximum atomic E-state index is 6.10. The van der Waals surface area contributed by atoms with Crippen LogP contribution in [0.1, 0.15) is 37.1 Å². The van der Waals surface area contributed by atoms with Crippen molar-refractivity contribution in [2.75, 3.05) is 31.1 Å². The zero-order valence-electron chi connectivity index (χ0n) is 12.0. The Morgan fingerprint density at radius 2 is 2.10 bits per heavy atom. The lowest BCUT2D eigenvalue weighted by atomic mass is 10.1. The third-order valence-electron chi connectivity index (χ3n) is 4.34. The molecule has 0 bridgehead atoms. The van der Waals surface area contributed by atoms with Crippen LogP contribution in [0.4, 0.5) is 5.69 Å². The molecule has 1 aromatic heterocycles. The highest BCUT2D eigenvalue weighted by Gasteiger charge is 2.30. The van der Waals surface area contributed by atoms with Crippen LogP contribution >= 0.6 is 0 Å². The van der Waals surface area contributed by atoms with E-state index >= 15 is 0 Å². The van der Waals surface area contributed by atoms with Gasteiger partial charge in [-0.05, 0) is 37.0 Å². The van der Waals surface area contributed by atoms with Crippen molar-refractivity contribution in [1.29, 1.82) is 0 Å². The van der Waals surface area contributed by atoms with Crippen LogP contribution in [-0.2, 0) is 6.42 Å². The minimum atomic E-state index is 0.573. The first-order valence-corrected chi connectivity index (χ1v) is 7.74. The van der Waals surface area contributed by atoms with Gasteiger partial charge in [0, 0.05) is 32.1 Å². The number of hydrogen-bond donors (Lipinski definition) is 1. The predicted molar refractivity (Wildman–Crippen MR) is 80.4 cm³/mol. The van der Waals surface area contributed by atoms with Gasteiger partial charge < -0.3 is 14.6 Å². The molecule has 4 rings (SSSR count). The molecule has 1 saturated heterocycles. The second-order valence-corrected chi connectivity index (χ2v) is 5.88. The number of anilines is 1. The van der Waals surface area contributed by atoms with Crippen molar-refractivity contribution < 1.29 is 4.42 Å². The van der Waals surface area contributed by atoms with Crippen LogP contribution in [0.15, 0.2) is 16.5 Å². The molecular formula is C16H21N3O.